The summed E-state index contributed by atoms with van der Waals surface area (Å²) in [6.45, 7) is 0.189. The van der Waals surface area contributed by atoms with Crippen molar-refractivity contribution in [2.75, 3.05) is 19.7 Å². The monoisotopic (exact) mass is 424 g/mol. The van der Waals surface area contributed by atoms with Gasteiger partial charge in [-0.25, -0.2) is 9.59 Å². The number of nitrogens with one attached hydrogen (secondary N) is 2. The Morgan fingerprint density at radius 3 is 2.23 bits per heavy atom. The standard InChI is InChI=1S/C23H24N2O6/c26-20(22(28)29)11-24-21(27)18-9-13(18)10-25-23(30)31-12-19-16-7-3-1-5-14(16)15-6-2-4-8-17(15)19/h1-8,13,18-20,26H,9-12H2,(H,24,27)(H,25,30)(H,28,29)/t13-,18-,20+/m1/s1. The van der Waals surface area contributed by atoms with Gasteiger partial charge in [0, 0.05) is 18.4 Å². The Labute approximate surface area is 179 Å². The largest absolute Gasteiger partial charge is 0.479 e. The zero-order valence-electron chi connectivity index (χ0n) is 16.8. The van der Waals surface area contributed by atoms with E-state index in [1.165, 1.54) is 0 Å². The lowest BCUT2D eigenvalue weighted by Crippen LogP contribution is -2.37. The van der Waals surface area contributed by atoms with Gasteiger partial charge in [-0.15, -0.1) is 0 Å². The van der Waals surface area contributed by atoms with Gasteiger partial charge in [0.2, 0.25) is 5.91 Å². The van der Waals surface area contributed by atoms with Gasteiger partial charge in [-0.05, 0) is 34.6 Å². The molecule has 0 saturated heterocycles. The van der Waals surface area contributed by atoms with Crippen LogP contribution < -0.4 is 10.6 Å². The first-order valence-corrected chi connectivity index (χ1v) is 10.2. The van der Waals surface area contributed by atoms with Crippen LogP contribution in [0.5, 0.6) is 0 Å². The number of carbonyl (C=O) groups excluding carboxylic acids is 2. The molecule has 162 valence electrons. The summed E-state index contributed by atoms with van der Waals surface area (Å²) in [5.41, 5.74) is 4.59. The fraction of sp³-hybridized carbons (Fsp3) is 0.348. The van der Waals surface area contributed by atoms with Crippen molar-refractivity contribution in [2.45, 2.75) is 18.4 Å². The Balaban J connectivity index is 1.23. The van der Waals surface area contributed by atoms with Crippen molar-refractivity contribution in [1.82, 2.24) is 10.6 Å². The van der Waals surface area contributed by atoms with Gasteiger partial charge >= 0.3 is 12.1 Å². The third-order valence-electron chi connectivity index (χ3n) is 5.87. The van der Waals surface area contributed by atoms with Crippen molar-refractivity contribution in [2.24, 2.45) is 11.8 Å². The van der Waals surface area contributed by atoms with E-state index in [2.05, 4.69) is 34.9 Å². The van der Waals surface area contributed by atoms with Crippen LogP contribution in [0.15, 0.2) is 48.5 Å². The van der Waals surface area contributed by atoms with Crippen LogP contribution in [0.3, 0.4) is 0 Å². The molecule has 4 N–H and O–H groups in total. The third kappa shape index (κ3) is 4.54. The molecule has 0 aliphatic heterocycles. The zero-order chi connectivity index (χ0) is 22.0. The molecule has 0 heterocycles. The number of carboxylic acid groups (broad SMARTS) is 1. The molecule has 2 aromatic carbocycles. The van der Waals surface area contributed by atoms with E-state index in [1.54, 1.807) is 0 Å². The minimum Gasteiger partial charge on any atom is -0.479 e. The molecule has 0 unspecified atom stereocenters. The van der Waals surface area contributed by atoms with E-state index in [9.17, 15) is 19.5 Å². The molecule has 1 fully saturated rings. The fourth-order valence-electron chi connectivity index (χ4n) is 4.07. The van der Waals surface area contributed by atoms with Crippen LogP contribution in [0, 0.1) is 11.8 Å². The summed E-state index contributed by atoms with van der Waals surface area (Å²) in [6, 6.07) is 16.2. The highest BCUT2D eigenvalue weighted by atomic mass is 16.5. The number of carboxylic acids is 1. The Hall–Kier alpha value is -3.39. The van der Waals surface area contributed by atoms with Crippen LogP contribution in [0.25, 0.3) is 11.1 Å². The van der Waals surface area contributed by atoms with Crippen molar-refractivity contribution < 1.29 is 29.3 Å². The SMILES string of the molecule is O=C(NC[C@H]1C[C@H]1C(=O)NC[C@H](O)C(=O)O)OCC1c2ccccc2-c2ccccc21. The highest BCUT2D eigenvalue weighted by Crippen LogP contribution is 2.44. The highest BCUT2D eigenvalue weighted by molar-refractivity contribution is 5.83. The summed E-state index contributed by atoms with van der Waals surface area (Å²) in [6.07, 6.45) is -1.56. The molecule has 2 aliphatic rings. The van der Waals surface area contributed by atoms with Crippen molar-refractivity contribution in [3.8, 4) is 11.1 Å². The predicted molar refractivity (Wildman–Crippen MR) is 111 cm³/mol. The maximum Gasteiger partial charge on any atom is 0.407 e. The molecule has 0 aromatic heterocycles. The lowest BCUT2D eigenvalue weighted by molar-refractivity contribution is -0.146. The van der Waals surface area contributed by atoms with Crippen LogP contribution in [0.1, 0.15) is 23.5 Å². The van der Waals surface area contributed by atoms with E-state index in [0.29, 0.717) is 13.0 Å². The van der Waals surface area contributed by atoms with Gasteiger partial charge in [-0.1, -0.05) is 48.5 Å². The van der Waals surface area contributed by atoms with Crippen molar-refractivity contribution in [3.05, 3.63) is 59.7 Å². The first-order chi connectivity index (χ1) is 15.0. The maximum atomic E-state index is 12.2. The second kappa shape index (κ2) is 8.77. The average Bonchev–Trinajstić information content (AvgIpc) is 3.49. The van der Waals surface area contributed by atoms with E-state index in [4.69, 9.17) is 9.84 Å². The first kappa shape index (κ1) is 20.9. The fourth-order valence-corrected chi connectivity index (χ4v) is 4.07. The number of carbonyl (C=O) groups is 3. The molecule has 0 radical (unpaired) electrons. The molecule has 2 aliphatic carbocycles. The average molecular weight is 424 g/mol. The summed E-state index contributed by atoms with van der Waals surface area (Å²) >= 11 is 0. The summed E-state index contributed by atoms with van der Waals surface area (Å²) in [4.78, 5) is 34.7. The summed E-state index contributed by atoms with van der Waals surface area (Å²) < 4.78 is 5.47. The van der Waals surface area contributed by atoms with Crippen LogP contribution in [0.4, 0.5) is 4.79 Å². The Morgan fingerprint density at radius 1 is 1.00 bits per heavy atom. The maximum absolute atomic E-state index is 12.2. The van der Waals surface area contributed by atoms with Gasteiger partial charge in [-0.2, -0.15) is 0 Å². The number of rotatable bonds is 8. The third-order valence-corrected chi connectivity index (χ3v) is 5.87. The molecule has 1 saturated carbocycles. The molecule has 4 rings (SSSR count). The summed E-state index contributed by atoms with van der Waals surface area (Å²) in [5.74, 6) is -2.04. The summed E-state index contributed by atoms with van der Waals surface area (Å²) in [7, 11) is 0. The van der Waals surface area contributed by atoms with Crippen molar-refractivity contribution in [3.63, 3.8) is 0 Å². The number of aliphatic carboxylic acids is 1. The zero-order valence-corrected chi connectivity index (χ0v) is 16.8. The molecule has 0 spiro atoms. The Morgan fingerprint density at radius 2 is 1.61 bits per heavy atom. The number of aliphatic hydroxyl groups is 1. The van der Waals surface area contributed by atoms with Crippen LogP contribution >= 0.6 is 0 Å². The summed E-state index contributed by atoms with van der Waals surface area (Å²) in [5, 5.41) is 22.9. The number of benzene rings is 2. The lowest BCUT2D eigenvalue weighted by Gasteiger charge is -2.14. The predicted octanol–water partition coefficient (Wildman–Crippen LogP) is 1.72. The van der Waals surface area contributed by atoms with Gasteiger partial charge < -0.3 is 25.6 Å². The van der Waals surface area contributed by atoms with Gasteiger partial charge in [0.25, 0.3) is 0 Å². The van der Waals surface area contributed by atoms with Crippen molar-refractivity contribution >= 4 is 18.0 Å². The molecule has 31 heavy (non-hydrogen) atoms. The van der Waals surface area contributed by atoms with Crippen LogP contribution in [-0.2, 0) is 14.3 Å². The lowest BCUT2D eigenvalue weighted by atomic mass is 9.98. The molecular weight excluding hydrogens is 400 g/mol. The van der Waals surface area contributed by atoms with E-state index >= 15 is 0 Å². The van der Waals surface area contributed by atoms with E-state index in [0.717, 1.165) is 22.3 Å². The second-order valence-electron chi connectivity index (χ2n) is 7.91. The highest BCUT2D eigenvalue weighted by Gasteiger charge is 2.43. The minimum atomic E-state index is -1.62. The molecular formula is C23H24N2O6. The molecule has 2 amide bonds. The Bertz CT molecular complexity index is 962. The van der Waals surface area contributed by atoms with Gasteiger partial charge in [0.1, 0.15) is 6.61 Å². The second-order valence-corrected chi connectivity index (χ2v) is 7.91. The quantitative estimate of drug-likeness (QED) is 0.511. The molecule has 0 bridgehead atoms. The molecule has 2 aromatic rings. The van der Waals surface area contributed by atoms with E-state index in [-0.39, 0.29) is 36.8 Å². The van der Waals surface area contributed by atoms with Crippen LogP contribution in [0.2, 0.25) is 0 Å². The number of hydrogen-bond donors (Lipinski definition) is 4. The number of ether oxygens (including phenoxy) is 1. The number of aliphatic hydroxyl groups excluding tert-OH is 1. The number of alkyl carbamates (subject to hydrolysis) is 1. The topological polar surface area (TPSA) is 125 Å². The van der Waals surface area contributed by atoms with Crippen molar-refractivity contribution in [1.29, 1.82) is 0 Å². The van der Waals surface area contributed by atoms with E-state index in [1.807, 2.05) is 24.3 Å². The normalized spacial score (nSPS) is 19.6. The number of amides is 2. The molecule has 8 heteroatoms. The van der Waals surface area contributed by atoms with Gasteiger partial charge in [0.05, 0.1) is 6.54 Å². The first-order valence-electron chi connectivity index (χ1n) is 10.2. The number of hydrogen-bond acceptors (Lipinski definition) is 5. The van der Waals surface area contributed by atoms with Crippen LogP contribution in [-0.4, -0.2) is 54.0 Å². The van der Waals surface area contributed by atoms with Gasteiger partial charge in [-0.3, -0.25) is 4.79 Å². The molecule has 3 atom stereocenters. The van der Waals surface area contributed by atoms with Gasteiger partial charge in [0.15, 0.2) is 6.10 Å². The number of fused-ring (bicyclic) bond motifs is 3. The Kier molecular flexibility index (Phi) is 5.90. The minimum absolute atomic E-state index is 0.0155. The molecule has 8 nitrogen and oxygen atoms in total. The van der Waals surface area contributed by atoms with E-state index < -0.39 is 18.2 Å². The smallest absolute Gasteiger partial charge is 0.407 e.